The largest absolute Gasteiger partial charge is 0.452 e. The number of amides is 2. The number of nitrogens with zero attached hydrogens (tertiary/aromatic N) is 1. The molecule has 2 amide bonds. The second-order valence-corrected chi connectivity index (χ2v) is 6.09. The van der Waals surface area contributed by atoms with Crippen LogP contribution in [0.1, 0.15) is 10.4 Å². The van der Waals surface area contributed by atoms with Crippen LogP contribution in [0.4, 0.5) is 11.4 Å². The van der Waals surface area contributed by atoms with Crippen LogP contribution in [-0.2, 0) is 14.3 Å². The lowest BCUT2D eigenvalue weighted by Gasteiger charge is -2.28. The van der Waals surface area contributed by atoms with Crippen molar-refractivity contribution in [3.8, 4) is 0 Å². The summed E-state index contributed by atoms with van der Waals surface area (Å²) in [4.78, 5) is 37.5. The number of carbonyl (C=O) groups is 3. The second kappa shape index (κ2) is 7.13. The average Bonchev–Trinajstić information content (AvgIpc) is 2.60. The molecule has 0 unspecified atom stereocenters. The Morgan fingerprint density at radius 3 is 2.72 bits per heavy atom. The number of hydrogen-bond acceptors (Lipinski definition) is 4. The van der Waals surface area contributed by atoms with Crippen molar-refractivity contribution in [1.29, 1.82) is 0 Å². The quantitative estimate of drug-likeness (QED) is 0.832. The standard InChI is InChI=1S/C17H12Cl2N2O4/c18-10-5-6-12(19)11(7-10)17(24)25-9-16(23)21-8-15(22)20-13-3-1-2-4-14(13)21/h1-7H,8-9H2,(H,20,22). The van der Waals surface area contributed by atoms with Crippen molar-refractivity contribution in [3.63, 3.8) is 0 Å². The highest BCUT2D eigenvalue weighted by atomic mass is 35.5. The minimum absolute atomic E-state index is 0.0683. The van der Waals surface area contributed by atoms with Crippen molar-refractivity contribution >= 4 is 52.4 Å². The number of hydrogen-bond donors (Lipinski definition) is 1. The maximum atomic E-state index is 12.4. The van der Waals surface area contributed by atoms with E-state index in [2.05, 4.69) is 5.32 Å². The van der Waals surface area contributed by atoms with E-state index in [9.17, 15) is 14.4 Å². The van der Waals surface area contributed by atoms with Gasteiger partial charge in [0, 0.05) is 5.02 Å². The molecule has 1 aliphatic heterocycles. The van der Waals surface area contributed by atoms with E-state index in [1.807, 2.05) is 0 Å². The minimum atomic E-state index is -0.768. The van der Waals surface area contributed by atoms with Gasteiger partial charge >= 0.3 is 5.97 Å². The molecule has 2 aromatic carbocycles. The molecule has 0 fully saturated rings. The number of benzene rings is 2. The van der Waals surface area contributed by atoms with Gasteiger partial charge in [-0.1, -0.05) is 35.3 Å². The van der Waals surface area contributed by atoms with Crippen molar-refractivity contribution in [2.45, 2.75) is 0 Å². The third-order valence-corrected chi connectivity index (χ3v) is 4.11. The molecule has 3 rings (SSSR count). The van der Waals surface area contributed by atoms with Gasteiger partial charge in [-0.05, 0) is 30.3 Å². The Hall–Kier alpha value is -2.57. The van der Waals surface area contributed by atoms with Gasteiger partial charge in [0.1, 0.15) is 6.54 Å². The number of esters is 1. The van der Waals surface area contributed by atoms with Crippen LogP contribution in [0.2, 0.25) is 10.0 Å². The molecule has 0 spiro atoms. The zero-order chi connectivity index (χ0) is 18.0. The van der Waals surface area contributed by atoms with E-state index in [0.717, 1.165) is 0 Å². The van der Waals surface area contributed by atoms with Crippen LogP contribution < -0.4 is 10.2 Å². The number of carbonyl (C=O) groups excluding carboxylic acids is 3. The summed E-state index contributed by atoms with van der Waals surface area (Å²) in [7, 11) is 0. The van der Waals surface area contributed by atoms with Crippen LogP contribution in [0, 0.1) is 0 Å². The maximum Gasteiger partial charge on any atom is 0.340 e. The van der Waals surface area contributed by atoms with E-state index in [1.165, 1.54) is 23.1 Å². The van der Waals surface area contributed by atoms with Crippen molar-refractivity contribution in [2.75, 3.05) is 23.4 Å². The van der Waals surface area contributed by atoms with E-state index in [1.54, 1.807) is 24.3 Å². The molecule has 0 saturated heterocycles. The van der Waals surface area contributed by atoms with Gasteiger partial charge in [-0.15, -0.1) is 0 Å². The first-order valence-electron chi connectivity index (χ1n) is 7.27. The molecule has 0 aromatic heterocycles. The molecule has 2 aromatic rings. The molecule has 1 heterocycles. The predicted molar refractivity (Wildman–Crippen MR) is 94.2 cm³/mol. The lowest BCUT2D eigenvalue weighted by molar-refractivity contribution is -0.124. The number of nitrogens with one attached hydrogen (secondary N) is 1. The molecule has 128 valence electrons. The number of fused-ring (bicyclic) bond motifs is 1. The van der Waals surface area contributed by atoms with Crippen LogP contribution in [-0.4, -0.2) is 30.9 Å². The fourth-order valence-electron chi connectivity index (χ4n) is 2.39. The highest BCUT2D eigenvalue weighted by Gasteiger charge is 2.27. The highest BCUT2D eigenvalue weighted by molar-refractivity contribution is 6.35. The van der Waals surface area contributed by atoms with Gasteiger partial charge in [0.05, 0.1) is 22.0 Å². The van der Waals surface area contributed by atoms with E-state index in [4.69, 9.17) is 27.9 Å². The number of rotatable bonds is 3. The average molecular weight is 379 g/mol. The Balaban J connectivity index is 1.72. The van der Waals surface area contributed by atoms with E-state index in [-0.39, 0.29) is 23.0 Å². The Morgan fingerprint density at radius 1 is 1.16 bits per heavy atom. The highest BCUT2D eigenvalue weighted by Crippen LogP contribution is 2.29. The van der Waals surface area contributed by atoms with Gasteiger partial charge in [-0.25, -0.2) is 4.79 Å². The summed E-state index contributed by atoms with van der Waals surface area (Å²) >= 11 is 11.8. The first-order valence-corrected chi connectivity index (χ1v) is 8.02. The molecule has 0 saturated carbocycles. The Morgan fingerprint density at radius 2 is 1.92 bits per heavy atom. The summed E-state index contributed by atoms with van der Waals surface area (Å²) in [6.07, 6.45) is 0. The van der Waals surface area contributed by atoms with Crippen molar-refractivity contribution < 1.29 is 19.1 Å². The van der Waals surface area contributed by atoms with Gasteiger partial charge in [0.15, 0.2) is 6.61 Å². The topological polar surface area (TPSA) is 75.7 Å². The molecule has 0 bridgehead atoms. The van der Waals surface area contributed by atoms with Gasteiger partial charge < -0.3 is 10.1 Å². The van der Waals surface area contributed by atoms with Gasteiger partial charge in [0.2, 0.25) is 5.91 Å². The normalized spacial score (nSPS) is 13.0. The number of para-hydroxylation sites is 2. The molecule has 6 nitrogen and oxygen atoms in total. The smallest absolute Gasteiger partial charge is 0.340 e. The third-order valence-electron chi connectivity index (χ3n) is 3.55. The molecular weight excluding hydrogens is 367 g/mol. The molecule has 0 radical (unpaired) electrons. The fourth-order valence-corrected chi connectivity index (χ4v) is 2.76. The lowest BCUT2D eigenvalue weighted by atomic mass is 10.2. The van der Waals surface area contributed by atoms with Crippen LogP contribution in [0.25, 0.3) is 0 Å². The molecule has 8 heteroatoms. The first-order chi connectivity index (χ1) is 12.0. The molecule has 1 aliphatic rings. The van der Waals surface area contributed by atoms with Crippen LogP contribution >= 0.6 is 23.2 Å². The van der Waals surface area contributed by atoms with Gasteiger partial charge in [-0.2, -0.15) is 0 Å². The number of ether oxygens (including phenoxy) is 1. The second-order valence-electron chi connectivity index (χ2n) is 5.25. The lowest BCUT2D eigenvalue weighted by Crippen LogP contribution is -2.44. The van der Waals surface area contributed by atoms with E-state index in [0.29, 0.717) is 16.4 Å². The van der Waals surface area contributed by atoms with E-state index >= 15 is 0 Å². The Labute approximate surface area is 153 Å². The number of anilines is 2. The minimum Gasteiger partial charge on any atom is -0.452 e. The van der Waals surface area contributed by atoms with E-state index < -0.39 is 18.5 Å². The predicted octanol–water partition coefficient (Wildman–Crippen LogP) is 3.14. The van der Waals surface area contributed by atoms with Crippen molar-refractivity contribution in [3.05, 3.63) is 58.1 Å². The maximum absolute atomic E-state index is 12.4. The van der Waals surface area contributed by atoms with Crippen LogP contribution in [0.15, 0.2) is 42.5 Å². The molecule has 1 N–H and O–H groups in total. The Bertz CT molecular complexity index is 869. The first kappa shape index (κ1) is 17.3. The summed E-state index contributed by atoms with van der Waals surface area (Å²) < 4.78 is 5.02. The number of halogens is 2. The summed E-state index contributed by atoms with van der Waals surface area (Å²) in [5.41, 5.74) is 1.14. The SMILES string of the molecule is O=C1CN(C(=O)COC(=O)c2cc(Cl)ccc2Cl)c2ccccc2N1. The fraction of sp³-hybridized carbons (Fsp3) is 0.118. The van der Waals surface area contributed by atoms with Gasteiger partial charge in [-0.3, -0.25) is 14.5 Å². The molecule has 25 heavy (non-hydrogen) atoms. The summed E-state index contributed by atoms with van der Waals surface area (Å²) in [5, 5.41) is 3.17. The van der Waals surface area contributed by atoms with Crippen molar-refractivity contribution in [2.24, 2.45) is 0 Å². The summed E-state index contributed by atoms with van der Waals surface area (Å²) in [6, 6.07) is 11.2. The third kappa shape index (κ3) is 3.75. The summed E-state index contributed by atoms with van der Waals surface area (Å²) in [5.74, 6) is -1.61. The monoisotopic (exact) mass is 378 g/mol. The zero-order valence-electron chi connectivity index (χ0n) is 12.8. The zero-order valence-corrected chi connectivity index (χ0v) is 14.3. The van der Waals surface area contributed by atoms with Crippen LogP contribution in [0.5, 0.6) is 0 Å². The summed E-state index contributed by atoms with van der Waals surface area (Å²) in [6.45, 7) is -0.672. The Kier molecular flexibility index (Phi) is 4.92. The molecular formula is C17H12Cl2N2O4. The molecule has 0 atom stereocenters. The van der Waals surface area contributed by atoms with Crippen LogP contribution in [0.3, 0.4) is 0 Å². The van der Waals surface area contributed by atoms with Crippen molar-refractivity contribution in [1.82, 2.24) is 0 Å². The van der Waals surface area contributed by atoms with Gasteiger partial charge in [0.25, 0.3) is 5.91 Å². The molecule has 0 aliphatic carbocycles.